The number of primary amides is 1. The van der Waals surface area contributed by atoms with Gasteiger partial charge in [0.15, 0.2) is 5.69 Å². The Labute approximate surface area is 161 Å². The molecule has 0 spiro atoms. The molecular weight excluding hydrogens is 362 g/mol. The molecule has 0 atom stereocenters. The molecule has 1 aromatic carbocycles. The van der Waals surface area contributed by atoms with Crippen molar-refractivity contribution in [2.45, 2.75) is 25.8 Å². The first-order chi connectivity index (χ1) is 12.9. The zero-order valence-electron chi connectivity index (χ0n) is 14.7. The number of nitrogens with zero attached hydrogens (tertiary/aromatic N) is 3. The molecule has 27 heavy (non-hydrogen) atoms. The van der Waals surface area contributed by atoms with E-state index in [0.29, 0.717) is 29.2 Å². The number of aromatic nitrogens is 2. The number of nitrogen functional groups attached to an aromatic ring is 1. The van der Waals surface area contributed by atoms with Crippen LogP contribution in [-0.4, -0.2) is 15.5 Å². The van der Waals surface area contributed by atoms with Crippen LogP contribution >= 0.6 is 11.6 Å². The summed E-state index contributed by atoms with van der Waals surface area (Å²) in [6, 6.07) is 4.08. The molecule has 1 saturated carbocycles. The van der Waals surface area contributed by atoms with Gasteiger partial charge in [0.1, 0.15) is 0 Å². The third-order valence-corrected chi connectivity index (χ3v) is 5.80. The van der Waals surface area contributed by atoms with Crippen molar-refractivity contribution in [3.8, 4) is 11.1 Å². The highest BCUT2D eigenvalue weighted by Gasteiger charge is 2.35. The molecule has 0 radical (unpaired) electrons. The van der Waals surface area contributed by atoms with Crippen molar-refractivity contribution in [3.05, 3.63) is 52.7 Å². The van der Waals surface area contributed by atoms with Gasteiger partial charge in [0.25, 0.3) is 0 Å². The second kappa shape index (κ2) is 6.29. The maximum Gasteiger partial charge on any atom is 0.220 e. The summed E-state index contributed by atoms with van der Waals surface area (Å²) < 4.78 is 2.16. The maximum atomic E-state index is 11.4. The van der Waals surface area contributed by atoms with Gasteiger partial charge in [-0.05, 0) is 42.8 Å². The number of carbonyl (C=O) groups excluding carboxylic acids is 1. The van der Waals surface area contributed by atoms with Crippen LogP contribution in [0.1, 0.15) is 24.4 Å². The van der Waals surface area contributed by atoms with Crippen LogP contribution in [0.2, 0.25) is 5.02 Å². The highest BCUT2D eigenvalue weighted by atomic mass is 35.5. The van der Waals surface area contributed by atoms with Crippen LogP contribution in [0.3, 0.4) is 0 Å². The standard InChI is InChI=1S/C20H18ClN5O/c1-10-3-18-13(6-17(10)24-2)15(14-7-25-8-16(22)19(14)21)9-26(18)12-4-11(5-12)20(23)27/h3,6-9,11-12H,4-5,22H2,1H3,(H2,23,27). The van der Waals surface area contributed by atoms with Gasteiger partial charge in [-0.2, -0.15) is 0 Å². The number of pyridine rings is 1. The van der Waals surface area contributed by atoms with Crippen LogP contribution in [0.15, 0.2) is 30.7 Å². The third-order valence-electron chi connectivity index (χ3n) is 5.38. The lowest BCUT2D eigenvalue weighted by atomic mass is 9.79. The molecule has 0 bridgehead atoms. The number of halogens is 1. The predicted octanol–water partition coefficient (Wildman–Crippen LogP) is 4.23. The molecule has 0 saturated heterocycles. The summed E-state index contributed by atoms with van der Waals surface area (Å²) in [5.41, 5.74) is 15.9. The van der Waals surface area contributed by atoms with Crippen molar-refractivity contribution in [3.63, 3.8) is 0 Å². The van der Waals surface area contributed by atoms with E-state index >= 15 is 0 Å². The van der Waals surface area contributed by atoms with Crippen molar-refractivity contribution in [1.82, 2.24) is 9.55 Å². The first kappa shape index (κ1) is 17.4. The predicted molar refractivity (Wildman–Crippen MR) is 107 cm³/mol. The molecule has 1 aliphatic rings. The normalized spacial score (nSPS) is 18.9. The lowest BCUT2D eigenvalue weighted by Gasteiger charge is -2.34. The van der Waals surface area contributed by atoms with Crippen LogP contribution in [0.25, 0.3) is 26.9 Å². The zero-order chi connectivity index (χ0) is 19.3. The molecule has 1 fully saturated rings. The van der Waals surface area contributed by atoms with Crippen molar-refractivity contribution in [2.24, 2.45) is 11.7 Å². The number of aryl methyl sites for hydroxylation is 1. The van der Waals surface area contributed by atoms with E-state index in [0.717, 1.165) is 27.6 Å². The van der Waals surface area contributed by atoms with Crippen LogP contribution in [0.4, 0.5) is 11.4 Å². The van der Waals surface area contributed by atoms with Gasteiger partial charge in [0.05, 0.1) is 23.5 Å². The summed E-state index contributed by atoms with van der Waals surface area (Å²) in [5.74, 6) is -0.338. The van der Waals surface area contributed by atoms with Crippen LogP contribution < -0.4 is 11.5 Å². The molecule has 7 heteroatoms. The number of anilines is 1. The van der Waals surface area contributed by atoms with E-state index in [1.807, 2.05) is 25.3 Å². The topological polar surface area (TPSA) is 91.3 Å². The van der Waals surface area contributed by atoms with E-state index in [-0.39, 0.29) is 17.9 Å². The van der Waals surface area contributed by atoms with Gasteiger partial charge in [-0.1, -0.05) is 11.6 Å². The molecule has 4 N–H and O–H groups in total. The zero-order valence-corrected chi connectivity index (χ0v) is 15.5. The van der Waals surface area contributed by atoms with E-state index in [4.69, 9.17) is 29.6 Å². The number of benzene rings is 1. The summed E-state index contributed by atoms with van der Waals surface area (Å²) in [6.07, 6.45) is 6.64. The first-order valence-electron chi connectivity index (χ1n) is 8.62. The fourth-order valence-electron chi connectivity index (χ4n) is 3.72. The number of hydrogen-bond donors (Lipinski definition) is 2. The monoisotopic (exact) mass is 379 g/mol. The van der Waals surface area contributed by atoms with E-state index < -0.39 is 0 Å². The van der Waals surface area contributed by atoms with E-state index in [1.165, 1.54) is 6.20 Å². The Balaban J connectivity index is 1.93. The summed E-state index contributed by atoms with van der Waals surface area (Å²) in [4.78, 5) is 19.2. The second-order valence-electron chi connectivity index (χ2n) is 7.03. The Morgan fingerprint density at radius 1 is 1.33 bits per heavy atom. The van der Waals surface area contributed by atoms with Crippen LogP contribution in [0, 0.1) is 19.4 Å². The second-order valence-corrected chi connectivity index (χ2v) is 7.41. The summed E-state index contributed by atoms with van der Waals surface area (Å²) in [5, 5.41) is 1.36. The van der Waals surface area contributed by atoms with Crippen LogP contribution in [0.5, 0.6) is 0 Å². The van der Waals surface area contributed by atoms with Gasteiger partial charge < -0.3 is 16.0 Å². The average molecular weight is 380 g/mol. The summed E-state index contributed by atoms with van der Waals surface area (Å²) >= 11 is 6.44. The smallest absolute Gasteiger partial charge is 0.220 e. The largest absolute Gasteiger partial charge is 0.396 e. The van der Waals surface area contributed by atoms with Gasteiger partial charge in [0.2, 0.25) is 5.91 Å². The van der Waals surface area contributed by atoms with Crippen molar-refractivity contribution < 1.29 is 4.79 Å². The SMILES string of the molecule is [C-]#[N+]c1cc2c(-c3cncc(N)c3Cl)cn(C3CC(C(N)=O)C3)c2cc1C. The highest BCUT2D eigenvalue weighted by Crippen LogP contribution is 2.45. The lowest BCUT2D eigenvalue weighted by Crippen LogP contribution is -2.36. The van der Waals surface area contributed by atoms with Gasteiger partial charge in [-0.15, -0.1) is 0 Å². The molecule has 2 aromatic heterocycles. The highest BCUT2D eigenvalue weighted by molar-refractivity contribution is 6.36. The van der Waals surface area contributed by atoms with Crippen molar-refractivity contribution in [2.75, 3.05) is 5.73 Å². The van der Waals surface area contributed by atoms with Gasteiger partial charge in [-0.3, -0.25) is 9.78 Å². The Hall–Kier alpha value is -3.04. The third kappa shape index (κ3) is 2.71. The van der Waals surface area contributed by atoms with Gasteiger partial charge in [0, 0.05) is 41.0 Å². The number of carbonyl (C=O) groups is 1. The fraction of sp³-hybridized carbons (Fsp3) is 0.250. The van der Waals surface area contributed by atoms with Crippen molar-refractivity contribution in [1.29, 1.82) is 0 Å². The molecule has 1 aliphatic carbocycles. The first-order valence-corrected chi connectivity index (χ1v) is 8.99. The number of hydrogen-bond acceptors (Lipinski definition) is 3. The Bertz CT molecular complexity index is 1120. The van der Waals surface area contributed by atoms with E-state index in [2.05, 4.69) is 14.4 Å². The molecule has 2 heterocycles. The molecule has 0 unspecified atom stereocenters. The minimum atomic E-state index is -0.252. The van der Waals surface area contributed by atoms with Crippen LogP contribution in [-0.2, 0) is 4.79 Å². The van der Waals surface area contributed by atoms with E-state index in [9.17, 15) is 4.79 Å². The fourth-order valence-corrected chi connectivity index (χ4v) is 3.92. The number of amides is 1. The minimum absolute atomic E-state index is 0.0860. The molecule has 0 aliphatic heterocycles. The molecule has 6 nitrogen and oxygen atoms in total. The Morgan fingerprint density at radius 2 is 2.07 bits per heavy atom. The molecular formula is C20H18ClN5O. The number of rotatable bonds is 3. The molecule has 136 valence electrons. The van der Waals surface area contributed by atoms with Gasteiger partial charge >= 0.3 is 0 Å². The molecule has 1 amide bonds. The molecule has 3 aromatic rings. The van der Waals surface area contributed by atoms with Crippen molar-refractivity contribution >= 4 is 39.8 Å². The summed E-state index contributed by atoms with van der Waals surface area (Å²) in [7, 11) is 0. The lowest BCUT2D eigenvalue weighted by molar-refractivity contribution is -0.125. The molecule has 4 rings (SSSR count). The van der Waals surface area contributed by atoms with Gasteiger partial charge in [-0.25, -0.2) is 4.85 Å². The summed E-state index contributed by atoms with van der Waals surface area (Å²) in [6.45, 7) is 9.35. The minimum Gasteiger partial charge on any atom is -0.396 e. The number of fused-ring (bicyclic) bond motifs is 1. The Morgan fingerprint density at radius 3 is 2.74 bits per heavy atom. The maximum absolute atomic E-state index is 11.4. The Kier molecular flexibility index (Phi) is 4.05. The number of nitrogens with two attached hydrogens (primary N) is 2. The van der Waals surface area contributed by atoms with E-state index in [1.54, 1.807) is 6.20 Å². The average Bonchev–Trinajstić information content (AvgIpc) is 2.93. The quantitative estimate of drug-likeness (QED) is 0.667.